The van der Waals surface area contributed by atoms with Crippen molar-refractivity contribution in [3.05, 3.63) is 17.5 Å². The highest BCUT2D eigenvalue weighted by atomic mass is 35.5. The topological polar surface area (TPSA) is 66.9 Å². The van der Waals surface area contributed by atoms with E-state index in [0.717, 1.165) is 0 Å². The summed E-state index contributed by atoms with van der Waals surface area (Å²) in [5, 5.41) is 6.14. The SMILES string of the molecule is CC(C)(C)NC(=O)CCNc1nccnc1Cl. The molecule has 0 aromatic carbocycles. The molecule has 1 heterocycles. The number of hydrogen-bond acceptors (Lipinski definition) is 4. The van der Waals surface area contributed by atoms with E-state index in [0.29, 0.717) is 23.9 Å². The molecule has 0 spiro atoms. The van der Waals surface area contributed by atoms with Crippen LogP contribution in [0.5, 0.6) is 0 Å². The number of carbonyl (C=O) groups excluding carboxylic acids is 1. The van der Waals surface area contributed by atoms with E-state index < -0.39 is 0 Å². The molecule has 5 nitrogen and oxygen atoms in total. The minimum Gasteiger partial charge on any atom is -0.367 e. The third kappa shape index (κ3) is 5.49. The van der Waals surface area contributed by atoms with Gasteiger partial charge in [-0.3, -0.25) is 4.79 Å². The first-order chi connectivity index (χ1) is 7.88. The Morgan fingerprint density at radius 1 is 1.35 bits per heavy atom. The van der Waals surface area contributed by atoms with Crippen molar-refractivity contribution in [3.8, 4) is 0 Å². The third-order valence-electron chi connectivity index (χ3n) is 1.81. The van der Waals surface area contributed by atoms with Crippen molar-refractivity contribution in [1.82, 2.24) is 15.3 Å². The number of aromatic nitrogens is 2. The van der Waals surface area contributed by atoms with Crippen LogP contribution in [0.1, 0.15) is 27.2 Å². The lowest BCUT2D eigenvalue weighted by atomic mass is 10.1. The van der Waals surface area contributed by atoms with Crippen LogP contribution in [0.15, 0.2) is 12.4 Å². The number of nitrogens with zero attached hydrogens (tertiary/aromatic N) is 2. The number of carbonyl (C=O) groups is 1. The van der Waals surface area contributed by atoms with Crippen LogP contribution in [-0.4, -0.2) is 28.0 Å². The number of nitrogens with one attached hydrogen (secondary N) is 2. The zero-order valence-corrected chi connectivity index (χ0v) is 11.0. The van der Waals surface area contributed by atoms with Gasteiger partial charge in [0, 0.05) is 30.9 Å². The second-order valence-corrected chi connectivity index (χ2v) is 5.03. The van der Waals surface area contributed by atoms with Crippen molar-refractivity contribution < 1.29 is 4.79 Å². The molecule has 0 fully saturated rings. The van der Waals surface area contributed by atoms with E-state index in [-0.39, 0.29) is 11.4 Å². The lowest BCUT2D eigenvalue weighted by Crippen LogP contribution is -2.41. The Bertz CT molecular complexity index is 389. The first kappa shape index (κ1) is 13.7. The van der Waals surface area contributed by atoms with Crippen LogP contribution in [0.4, 0.5) is 5.82 Å². The summed E-state index contributed by atoms with van der Waals surface area (Å²) < 4.78 is 0. The van der Waals surface area contributed by atoms with Gasteiger partial charge in [0.15, 0.2) is 11.0 Å². The van der Waals surface area contributed by atoms with Gasteiger partial charge in [-0.25, -0.2) is 9.97 Å². The van der Waals surface area contributed by atoms with Gasteiger partial charge in [0.1, 0.15) is 0 Å². The highest BCUT2D eigenvalue weighted by Gasteiger charge is 2.13. The summed E-state index contributed by atoms with van der Waals surface area (Å²) in [5.41, 5.74) is -0.207. The summed E-state index contributed by atoms with van der Waals surface area (Å²) in [6.45, 7) is 6.30. The zero-order valence-electron chi connectivity index (χ0n) is 10.2. The maximum absolute atomic E-state index is 11.5. The normalized spacial score (nSPS) is 11.1. The third-order valence-corrected chi connectivity index (χ3v) is 2.09. The molecule has 0 aliphatic heterocycles. The van der Waals surface area contributed by atoms with Crippen LogP contribution in [-0.2, 0) is 4.79 Å². The van der Waals surface area contributed by atoms with Gasteiger partial charge in [-0.05, 0) is 20.8 Å². The van der Waals surface area contributed by atoms with Crippen LogP contribution < -0.4 is 10.6 Å². The highest BCUT2D eigenvalue weighted by molar-refractivity contribution is 6.31. The van der Waals surface area contributed by atoms with Crippen LogP contribution >= 0.6 is 11.6 Å². The molecule has 0 aliphatic carbocycles. The Hall–Kier alpha value is -1.36. The van der Waals surface area contributed by atoms with Gasteiger partial charge in [-0.15, -0.1) is 0 Å². The fraction of sp³-hybridized carbons (Fsp3) is 0.545. The second-order valence-electron chi connectivity index (χ2n) is 4.67. The van der Waals surface area contributed by atoms with E-state index >= 15 is 0 Å². The van der Waals surface area contributed by atoms with Crippen molar-refractivity contribution in [2.75, 3.05) is 11.9 Å². The van der Waals surface area contributed by atoms with Crippen molar-refractivity contribution in [3.63, 3.8) is 0 Å². The molecular weight excluding hydrogens is 240 g/mol. The molecule has 2 N–H and O–H groups in total. The molecule has 94 valence electrons. The van der Waals surface area contributed by atoms with E-state index in [1.54, 1.807) is 6.20 Å². The van der Waals surface area contributed by atoms with E-state index in [9.17, 15) is 4.79 Å². The number of anilines is 1. The Morgan fingerprint density at radius 2 is 2.00 bits per heavy atom. The maximum atomic E-state index is 11.5. The lowest BCUT2D eigenvalue weighted by Gasteiger charge is -2.20. The summed E-state index contributed by atoms with van der Waals surface area (Å²) in [4.78, 5) is 19.4. The standard InChI is InChI=1S/C11H17ClN4O/c1-11(2,3)16-8(17)4-5-14-10-9(12)13-6-7-15-10/h6-7H,4-5H2,1-3H3,(H,14,15)(H,16,17). The summed E-state index contributed by atoms with van der Waals surface area (Å²) in [6.07, 6.45) is 3.42. The average Bonchev–Trinajstić information content (AvgIpc) is 2.18. The Kier molecular flexibility index (Phi) is 4.69. The maximum Gasteiger partial charge on any atom is 0.222 e. The van der Waals surface area contributed by atoms with Crippen LogP contribution in [0, 0.1) is 0 Å². The first-order valence-electron chi connectivity index (χ1n) is 5.40. The molecule has 0 saturated carbocycles. The molecular formula is C11H17ClN4O. The molecule has 1 aromatic heterocycles. The van der Waals surface area contributed by atoms with E-state index in [1.165, 1.54) is 6.20 Å². The number of hydrogen-bond donors (Lipinski definition) is 2. The Labute approximate surface area is 106 Å². The molecule has 0 radical (unpaired) electrons. The largest absolute Gasteiger partial charge is 0.367 e. The Balaban J connectivity index is 2.34. The minimum atomic E-state index is -0.207. The number of halogens is 1. The molecule has 1 aromatic rings. The van der Waals surface area contributed by atoms with Crippen LogP contribution in [0.25, 0.3) is 0 Å². The molecule has 0 saturated heterocycles. The summed E-state index contributed by atoms with van der Waals surface area (Å²) in [5.74, 6) is 0.489. The summed E-state index contributed by atoms with van der Waals surface area (Å²) in [6, 6.07) is 0. The molecule has 1 rings (SSSR count). The lowest BCUT2D eigenvalue weighted by molar-refractivity contribution is -0.122. The minimum absolute atomic E-state index is 0.00925. The highest BCUT2D eigenvalue weighted by Crippen LogP contribution is 2.13. The number of rotatable bonds is 4. The van der Waals surface area contributed by atoms with Gasteiger partial charge in [-0.1, -0.05) is 11.6 Å². The van der Waals surface area contributed by atoms with Gasteiger partial charge in [0.05, 0.1) is 0 Å². The predicted octanol–water partition coefficient (Wildman–Crippen LogP) is 1.85. The fourth-order valence-corrected chi connectivity index (χ4v) is 1.39. The molecule has 17 heavy (non-hydrogen) atoms. The zero-order chi connectivity index (χ0) is 12.9. The van der Waals surface area contributed by atoms with Crippen molar-refractivity contribution in [1.29, 1.82) is 0 Å². The molecule has 6 heteroatoms. The van der Waals surface area contributed by atoms with Crippen LogP contribution in [0.3, 0.4) is 0 Å². The van der Waals surface area contributed by atoms with Crippen molar-refractivity contribution in [2.24, 2.45) is 0 Å². The molecule has 0 unspecified atom stereocenters. The predicted molar refractivity (Wildman–Crippen MR) is 68.0 cm³/mol. The van der Waals surface area contributed by atoms with Gasteiger partial charge < -0.3 is 10.6 Å². The van der Waals surface area contributed by atoms with Gasteiger partial charge >= 0.3 is 0 Å². The molecule has 0 aliphatic rings. The quantitative estimate of drug-likeness (QED) is 0.863. The second kappa shape index (κ2) is 5.82. The molecule has 1 amide bonds. The van der Waals surface area contributed by atoms with E-state index in [1.807, 2.05) is 20.8 Å². The first-order valence-corrected chi connectivity index (χ1v) is 5.78. The summed E-state index contributed by atoms with van der Waals surface area (Å²) >= 11 is 5.81. The van der Waals surface area contributed by atoms with E-state index in [4.69, 9.17) is 11.6 Å². The molecule has 0 bridgehead atoms. The summed E-state index contributed by atoms with van der Waals surface area (Å²) in [7, 11) is 0. The van der Waals surface area contributed by atoms with Crippen molar-refractivity contribution in [2.45, 2.75) is 32.7 Å². The average molecular weight is 257 g/mol. The number of amides is 1. The Morgan fingerprint density at radius 3 is 2.59 bits per heavy atom. The van der Waals surface area contributed by atoms with Crippen LogP contribution in [0.2, 0.25) is 5.15 Å². The monoisotopic (exact) mass is 256 g/mol. The van der Waals surface area contributed by atoms with Gasteiger partial charge in [0.25, 0.3) is 0 Å². The van der Waals surface area contributed by atoms with Crippen molar-refractivity contribution >= 4 is 23.3 Å². The fourth-order valence-electron chi connectivity index (χ4n) is 1.21. The molecule has 0 atom stereocenters. The van der Waals surface area contributed by atoms with Gasteiger partial charge in [0.2, 0.25) is 5.91 Å². The van der Waals surface area contributed by atoms with E-state index in [2.05, 4.69) is 20.6 Å². The smallest absolute Gasteiger partial charge is 0.222 e. The van der Waals surface area contributed by atoms with Gasteiger partial charge in [-0.2, -0.15) is 0 Å².